The van der Waals surface area contributed by atoms with Crippen molar-refractivity contribution >= 4 is 24.1 Å². The van der Waals surface area contributed by atoms with E-state index in [4.69, 9.17) is 0 Å². The quantitative estimate of drug-likeness (QED) is 0.474. The highest BCUT2D eigenvalue weighted by molar-refractivity contribution is 6.08. The molecule has 0 saturated carbocycles. The lowest BCUT2D eigenvalue weighted by Crippen LogP contribution is -2.25. The Morgan fingerprint density at radius 2 is 1.79 bits per heavy atom. The molecule has 29 heavy (non-hydrogen) atoms. The van der Waals surface area contributed by atoms with Crippen molar-refractivity contribution in [3.05, 3.63) is 101 Å². The molecule has 1 amide bonds. The van der Waals surface area contributed by atoms with Crippen molar-refractivity contribution in [3.8, 4) is 0 Å². The molecule has 0 saturated heterocycles. The first-order valence-corrected chi connectivity index (χ1v) is 9.33. The molecular formula is C24H22N2O3. The minimum atomic E-state index is -0.288. The third-order valence-corrected chi connectivity index (χ3v) is 4.48. The van der Waals surface area contributed by atoms with Gasteiger partial charge in [0.1, 0.15) is 6.29 Å². The molecule has 0 aliphatic carbocycles. The van der Waals surface area contributed by atoms with Crippen molar-refractivity contribution in [3.63, 3.8) is 0 Å². The van der Waals surface area contributed by atoms with Gasteiger partial charge in [-0.25, -0.2) is 0 Å². The summed E-state index contributed by atoms with van der Waals surface area (Å²) in [6.45, 7) is 2.51. The molecule has 0 radical (unpaired) electrons. The van der Waals surface area contributed by atoms with Crippen LogP contribution >= 0.6 is 0 Å². The second kappa shape index (κ2) is 9.46. The number of aromatic nitrogens is 1. The Labute approximate surface area is 169 Å². The number of ketones is 1. The second-order valence-corrected chi connectivity index (χ2v) is 6.65. The molecule has 5 nitrogen and oxygen atoms in total. The molecule has 1 aromatic heterocycles. The number of carbonyl (C=O) groups is 3. The maximum absolute atomic E-state index is 12.8. The zero-order valence-corrected chi connectivity index (χ0v) is 16.2. The van der Waals surface area contributed by atoms with Crippen LogP contribution in [0.4, 0.5) is 0 Å². The highest BCUT2D eigenvalue weighted by atomic mass is 16.2. The first-order valence-electron chi connectivity index (χ1n) is 9.33. The van der Waals surface area contributed by atoms with E-state index in [1.165, 1.54) is 0 Å². The fourth-order valence-electron chi connectivity index (χ4n) is 2.95. The van der Waals surface area contributed by atoms with E-state index in [9.17, 15) is 14.4 Å². The van der Waals surface area contributed by atoms with Gasteiger partial charge in [-0.1, -0.05) is 54.1 Å². The summed E-state index contributed by atoms with van der Waals surface area (Å²) in [5.41, 5.74) is 3.75. The summed E-state index contributed by atoms with van der Waals surface area (Å²) in [7, 11) is 0. The topological polar surface area (TPSA) is 68.2 Å². The van der Waals surface area contributed by atoms with Crippen LogP contribution in [0.2, 0.25) is 0 Å². The predicted octanol–water partition coefficient (Wildman–Crippen LogP) is 3.67. The van der Waals surface area contributed by atoms with E-state index in [-0.39, 0.29) is 18.2 Å². The van der Waals surface area contributed by atoms with Crippen LogP contribution in [-0.4, -0.2) is 29.1 Å². The van der Waals surface area contributed by atoms with Crippen LogP contribution in [0.15, 0.2) is 72.9 Å². The van der Waals surface area contributed by atoms with Crippen LogP contribution in [0.1, 0.15) is 37.5 Å². The van der Waals surface area contributed by atoms with E-state index in [1.807, 2.05) is 72.3 Å². The molecule has 146 valence electrons. The summed E-state index contributed by atoms with van der Waals surface area (Å²) >= 11 is 0. The van der Waals surface area contributed by atoms with Crippen molar-refractivity contribution in [2.24, 2.45) is 0 Å². The summed E-state index contributed by atoms with van der Waals surface area (Å²) in [5, 5.41) is 2.52. The summed E-state index contributed by atoms with van der Waals surface area (Å²) in [4.78, 5) is 35.1. The Balaban J connectivity index is 1.70. The molecule has 0 unspecified atom stereocenters. The van der Waals surface area contributed by atoms with Gasteiger partial charge in [-0.15, -0.1) is 0 Å². The van der Waals surface area contributed by atoms with Gasteiger partial charge in [-0.05, 0) is 36.8 Å². The molecule has 2 aromatic carbocycles. The lowest BCUT2D eigenvalue weighted by molar-refractivity contribution is -0.107. The van der Waals surface area contributed by atoms with Crippen LogP contribution in [0.25, 0.3) is 6.08 Å². The lowest BCUT2D eigenvalue weighted by Gasteiger charge is -2.07. The van der Waals surface area contributed by atoms with Crippen molar-refractivity contribution < 1.29 is 14.4 Å². The third-order valence-electron chi connectivity index (χ3n) is 4.48. The Morgan fingerprint density at radius 1 is 1.00 bits per heavy atom. The normalized spacial score (nSPS) is 10.8. The second-order valence-electron chi connectivity index (χ2n) is 6.65. The van der Waals surface area contributed by atoms with Crippen molar-refractivity contribution in [2.45, 2.75) is 13.5 Å². The van der Waals surface area contributed by atoms with Crippen LogP contribution in [0, 0.1) is 6.92 Å². The van der Waals surface area contributed by atoms with Crippen LogP contribution in [0.5, 0.6) is 0 Å². The molecule has 3 rings (SSSR count). The maximum Gasteiger partial charge on any atom is 0.251 e. The van der Waals surface area contributed by atoms with Crippen LogP contribution < -0.4 is 5.32 Å². The van der Waals surface area contributed by atoms with Crippen molar-refractivity contribution in [1.82, 2.24) is 9.88 Å². The number of aryl methyl sites for hydroxylation is 1. The fraction of sp³-hybridized carbons (Fsp3) is 0.125. The predicted molar refractivity (Wildman–Crippen MR) is 113 cm³/mol. The summed E-state index contributed by atoms with van der Waals surface area (Å²) < 4.78 is 1.89. The molecule has 0 aliphatic rings. The fourth-order valence-corrected chi connectivity index (χ4v) is 2.95. The van der Waals surface area contributed by atoms with E-state index in [0.717, 1.165) is 11.1 Å². The number of nitrogens with one attached hydrogen (secondary N) is 1. The molecule has 3 aromatic rings. The molecule has 1 heterocycles. The Bertz CT molecular complexity index is 1050. The Hall–Kier alpha value is -3.73. The molecule has 0 spiro atoms. The summed E-state index contributed by atoms with van der Waals surface area (Å²) in [6, 6.07) is 18.3. The van der Waals surface area contributed by atoms with E-state index in [0.29, 0.717) is 29.7 Å². The van der Waals surface area contributed by atoms with E-state index >= 15 is 0 Å². The van der Waals surface area contributed by atoms with Gasteiger partial charge >= 0.3 is 0 Å². The third kappa shape index (κ3) is 5.17. The molecule has 5 heteroatoms. The van der Waals surface area contributed by atoms with Crippen LogP contribution in [-0.2, 0) is 11.3 Å². The first-order chi connectivity index (χ1) is 14.1. The number of allylic oxidation sites excluding steroid dienone is 1. The first kappa shape index (κ1) is 20.0. The Kier molecular flexibility index (Phi) is 6.53. The minimum Gasteiger partial charge on any atom is -0.345 e. The van der Waals surface area contributed by atoms with Gasteiger partial charge in [-0.2, -0.15) is 0 Å². The van der Waals surface area contributed by atoms with E-state index in [2.05, 4.69) is 5.32 Å². The number of hydrogen-bond donors (Lipinski definition) is 1. The average Bonchev–Trinajstić information content (AvgIpc) is 3.21. The van der Waals surface area contributed by atoms with Gasteiger partial charge in [0.25, 0.3) is 5.91 Å². The number of benzene rings is 2. The Morgan fingerprint density at radius 3 is 2.55 bits per heavy atom. The van der Waals surface area contributed by atoms with Gasteiger partial charge in [0, 0.05) is 23.9 Å². The van der Waals surface area contributed by atoms with Crippen molar-refractivity contribution in [2.75, 3.05) is 6.54 Å². The molecule has 0 fully saturated rings. The molecule has 0 bridgehead atoms. The van der Waals surface area contributed by atoms with Gasteiger partial charge in [-0.3, -0.25) is 9.59 Å². The number of carbonyl (C=O) groups excluding carboxylic acids is 3. The molecule has 1 N–H and O–H groups in total. The minimum absolute atomic E-state index is 0.00961. The van der Waals surface area contributed by atoms with Gasteiger partial charge in [0.05, 0.1) is 12.2 Å². The lowest BCUT2D eigenvalue weighted by atomic mass is 10.1. The highest BCUT2D eigenvalue weighted by Gasteiger charge is 2.12. The number of aldehydes is 1. The van der Waals surface area contributed by atoms with E-state index in [1.54, 1.807) is 18.2 Å². The van der Waals surface area contributed by atoms with Crippen molar-refractivity contribution in [1.29, 1.82) is 0 Å². The molecular weight excluding hydrogens is 364 g/mol. The molecule has 0 atom stereocenters. The van der Waals surface area contributed by atoms with Gasteiger partial charge < -0.3 is 14.7 Å². The SMILES string of the molecule is Cc1ccc(C(=O)c2cccn2C/C=C/c2cccc(C(=O)NCC=O)c2)cc1. The monoisotopic (exact) mass is 386 g/mol. The molecule has 0 aliphatic heterocycles. The number of nitrogens with zero attached hydrogens (tertiary/aromatic N) is 1. The number of rotatable bonds is 8. The largest absolute Gasteiger partial charge is 0.345 e. The number of amides is 1. The van der Waals surface area contributed by atoms with Gasteiger partial charge in [0.15, 0.2) is 0 Å². The smallest absolute Gasteiger partial charge is 0.251 e. The van der Waals surface area contributed by atoms with Crippen LogP contribution in [0.3, 0.4) is 0 Å². The highest BCUT2D eigenvalue weighted by Crippen LogP contribution is 2.13. The standard InChI is InChI=1S/C24H22N2O3/c1-18-9-11-20(12-10-18)23(28)22-8-4-15-26(22)14-3-6-19-5-2-7-21(17-19)24(29)25-13-16-27/h2-12,15-17H,13-14H2,1H3,(H,25,29)/b6-3+. The zero-order valence-electron chi connectivity index (χ0n) is 16.2. The van der Waals surface area contributed by atoms with E-state index < -0.39 is 0 Å². The van der Waals surface area contributed by atoms with Gasteiger partial charge in [0.2, 0.25) is 5.78 Å². The number of hydrogen-bond acceptors (Lipinski definition) is 3. The summed E-state index contributed by atoms with van der Waals surface area (Å²) in [6.07, 6.45) is 6.36. The zero-order chi connectivity index (χ0) is 20.6. The average molecular weight is 386 g/mol. The maximum atomic E-state index is 12.8. The summed E-state index contributed by atoms with van der Waals surface area (Å²) in [5.74, 6) is -0.305.